The third kappa shape index (κ3) is 2.57. The fourth-order valence-corrected chi connectivity index (χ4v) is 2.72. The molecule has 1 aliphatic rings. The maximum absolute atomic E-state index is 12.3. The lowest BCUT2D eigenvalue weighted by atomic mass is 9.86. The van der Waals surface area contributed by atoms with E-state index in [9.17, 15) is 4.79 Å². The van der Waals surface area contributed by atoms with Gasteiger partial charge in [0.25, 0.3) is 5.91 Å². The molecule has 0 saturated heterocycles. The lowest BCUT2D eigenvalue weighted by Crippen LogP contribution is -2.41. The predicted octanol–water partition coefficient (Wildman–Crippen LogP) is 2.85. The van der Waals surface area contributed by atoms with E-state index in [4.69, 9.17) is 4.52 Å². The monoisotopic (exact) mass is 250 g/mol. The summed E-state index contributed by atoms with van der Waals surface area (Å²) in [6.45, 7) is 5.99. The summed E-state index contributed by atoms with van der Waals surface area (Å²) in [5.74, 6) is 1.16. The molecule has 4 heteroatoms. The molecule has 0 aromatic carbocycles. The van der Waals surface area contributed by atoms with Crippen LogP contribution < -0.4 is 5.32 Å². The van der Waals surface area contributed by atoms with Crippen molar-refractivity contribution in [2.75, 3.05) is 0 Å². The number of rotatable bonds is 3. The first-order valence-electron chi connectivity index (χ1n) is 6.89. The van der Waals surface area contributed by atoms with E-state index in [1.165, 1.54) is 19.3 Å². The zero-order chi connectivity index (χ0) is 13.1. The summed E-state index contributed by atoms with van der Waals surface area (Å²) in [5.41, 5.74) is 1.39. The standard InChI is InChI=1S/C14H22N2O2/c1-4-11-13(10(3)18-16-11)14(17)15-12-8-6-5-7-9(12)2/h9,12H,4-8H2,1-3H3,(H,15,17). The Kier molecular flexibility index (Phi) is 4.04. The fraction of sp³-hybridized carbons (Fsp3) is 0.714. The third-order valence-corrected chi connectivity index (χ3v) is 3.92. The van der Waals surface area contributed by atoms with Gasteiger partial charge >= 0.3 is 0 Å². The van der Waals surface area contributed by atoms with Crippen molar-refractivity contribution in [3.05, 3.63) is 17.0 Å². The number of nitrogens with one attached hydrogen (secondary N) is 1. The van der Waals surface area contributed by atoms with Crippen LogP contribution in [-0.4, -0.2) is 17.1 Å². The van der Waals surface area contributed by atoms with Crippen LogP contribution in [0.15, 0.2) is 4.52 Å². The van der Waals surface area contributed by atoms with Gasteiger partial charge in [-0.15, -0.1) is 0 Å². The van der Waals surface area contributed by atoms with Gasteiger partial charge in [-0.1, -0.05) is 31.8 Å². The maximum Gasteiger partial charge on any atom is 0.257 e. The molecular formula is C14H22N2O2. The molecule has 1 amide bonds. The first-order valence-corrected chi connectivity index (χ1v) is 6.89. The van der Waals surface area contributed by atoms with E-state index < -0.39 is 0 Å². The number of nitrogens with zero attached hydrogens (tertiary/aromatic N) is 1. The molecule has 1 aromatic heterocycles. The first-order chi connectivity index (χ1) is 8.63. The molecule has 2 rings (SSSR count). The van der Waals surface area contributed by atoms with E-state index >= 15 is 0 Å². The second kappa shape index (κ2) is 5.55. The van der Waals surface area contributed by atoms with Crippen LogP contribution in [0.2, 0.25) is 0 Å². The molecule has 1 N–H and O–H groups in total. The summed E-state index contributed by atoms with van der Waals surface area (Å²) < 4.78 is 5.11. The van der Waals surface area contributed by atoms with E-state index in [2.05, 4.69) is 17.4 Å². The summed E-state index contributed by atoms with van der Waals surface area (Å²) >= 11 is 0. The van der Waals surface area contributed by atoms with Crippen LogP contribution in [0.5, 0.6) is 0 Å². The van der Waals surface area contributed by atoms with Gasteiger partial charge in [-0.25, -0.2) is 0 Å². The summed E-state index contributed by atoms with van der Waals surface area (Å²) in [6.07, 6.45) is 5.49. The van der Waals surface area contributed by atoms with Crippen molar-refractivity contribution in [2.24, 2.45) is 5.92 Å². The van der Waals surface area contributed by atoms with Crippen molar-refractivity contribution in [1.29, 1.82) is 0 Å². The Morgan fingerprint density at radius 1 is 1.44 bits per heavy atom. The average Bonchev–Trinajstić information content (AvgIpc) is 2.73. The Morgan fingerprint density at radius 3 is 2.83 bits per heavy atom. The van der Waals surface area contributed by atoms with Crippen LogP contribution in [0.3, 0.4) is 0 Å². The summed E-state index contributed by atoms with van der Waals surface area (Å²) in [4.78, 5) is 12.3. The zero-order valence-corrected chi connectivity index (χ0v) is 11.5. The highest BCUT2D eigenvalue weighted by atomic mass is 16.5. The zero-order valence-electron chi connectivity index (χ0n) is 11.5. The van der Waals surface area contributed by atoms with E-state index in [1.54, 1.807) is 6.92 Å². The first kappa shape index (κ1) is 13.1. The van der Waals surface area contributed by atoms with Crippen molar-refractivity contribution < 1.29 is 9.32 Å². The highest BCUT2D eigenvalue weighted by molar-refractivity contribution is 5.96. The topological polar surface area (TPSA) is 55.1 Å². The normalized spacial score (nSPS) is 23.9. The molecule has 0 radical (unpaired) electrons. The van der Waals surface area contributed by atoms with Crippen LogP contribution >= 0.6 is 0 Å². The van der Waals surface area contributed by atoms with Crippen molar-refractivity contribution in [2.45, 2.75) is 58.9 Å². The van der Waals surface area contributed by atoms with Gasteiger partial charge in [-0.05, 0) is 32.1 Å². The van der Waals surface area contributed by atoms with Gasteiger partial charge in [0.1, 0.15) is 11.3 Å². The molecule has 1 aromatic rings. The number of carbonyl (C=O) groups is 1. The van der Waals surface area contributed by atoms with Gasteiger partial charge in [-0.2, -0.15) is 0 Å². The van der Waals surface area contributed by atoms with Crippen molar-refractivity contribution in [3.63, 3.8) is 0 Å². The van der Waals surface area contributed by atoms with Crippen molar-refractivity contribution >= 4 is 5.91 Å². The SMILES string of the molecule is CCc1noc(C)c1C(=O)NC1CCCCC1C. The van der Waals surface area contributed by atoms with Gasteiger partial charge in [0, 0.05) is 6.04 Å². The average molecular weight is 250 g/mol. The Morgan fingerprint density at radius 2 is 2.17 bits per heavy atom. The number of amides is 1. The second-order valence-electron chi connectivity index (χ2n) is 5.26. The van der Waals surface area contributed by atoms with E-state index in [0.717, 1.165) is 18.5 Å². The number of carbonyl (C=O) groups excluding carboxylic acids is 1. The van der Waals surface area contributed by atoms with Crippen LogP contribution in [-0.2, 0) is 6.42 Å². The lowest BCUT2D eigenvalue weighted by molar-refractivity contribution is 0.0908. The number of hydrogen-bond donors (Lipinski definition) is 1. The van der Waals surface area contributed by atoms with E-state index in [0.29, 0.717) is 23.3 Å². The molecule has 1 fully saturated rings. The Hall–Kier alpha value is -1.32. The molecule has 1 heterocycles. The molecule has 1 aliphatic carbocycles. The van der Waals surface area contributed by atoms with E-state index in [-0.39, 0.29) is 5.91 Å². The molecule has 0 spiro atoms. The molecule has 2 unspecified atom stereocenters. The molecule has 100 valence electrons. The fourth-order valence-electron chi connectivity index (χ4n) is 2.72. The van der Waals surface area contributed by atoms with E-state index in [1.807, 2.05) is 6.92 Å². The highest BCUT2D eigenvalue weighted by Crippen LogP contribution is 2.24. The van der Waals surface area contributed by atoms with Gasteiger partial charge in [0.05, 0.1) is 5.69 Å². The van der Waals surface area contributed by atoms with Crippen molar-refractivity contribution in [1.82, 2.24) is 10.5 Å². The smallest absolute Gasteiger partial charge is 0.257 e. The second-order valence-corrected chi connectivity index (χ2v) is 5.26. The molecule has 18 heavy (non-hydrogen) atoms. The lowest BCUT2D eigenvalue weighted by Gasteiger charge is -2.29. The minimum absolute atomic E-state index is 0.0238. The molecule has 2 atom stereocenters. The van der Waals surface area contributed by atoms with Crippen LogP contribution in [0, 0.1) is 12.8 Å². The minimum Gasteiger partial charge on any atom is -0.361 e. The van der Waals surface area contributed by atoms with Crippen LogP contribution in [0.1, 0.15) is 61.3 Å². The molecule has 1 saturated carbocycles. The number of aromatic nitrogens is 1. The number of aryl methyl sites for hydroxylation is 2. The van der Waals surface area contributed by atoms with Crippen molar-refractivity contribution in [3.8, 4) is 0 Å². The molecule has 0 bridgehead atoms. The van der Waals surface area contributed by atoms with Crippen LogP contribution in [0.4, 0.5) is 0 Å². The predicted molar refractivity (Wildman–Crippen MR) is 69.5 cm³/mol. The largest absolute Gasteiger partial charge is 0.361 e. The number of hydrogen-bond acceptors (Lipinski definition) is 3. The Balaban J connectivity index is 2.09. The summed E-state index contributed by atoms with van der Waals surface area (Å²) in [6, 6.07) is 0.297. The minimum atomic E-state index is -0.0238. The van der Waals surface area contributed by atoms with Gasteiger partial charge in [0.15, 0.2) is 0 Å². The third-order valence-electron chi connectivity index (χ3n) is 3.92. The Bertz CT molecular complexity index is 425. The van der Waals surface area contributed by atoms with Gasteiger partial charge in [-0.3, -0.25) is 4.79 Å². The highest BCUT2D eigenvalue weighted by Gasteiger charge is 2.26. The molecule has 0 aliphatic heterocycles. The maximum atomic E-state index is 12.3. The van der Waals surface area contributed by atoms with Gasteiger partial charge < -0.3 is 9.84 Å². The molecule has 4 nitrogen and oxygen atoms in total. The summed E-state index contributed by atoms with van der Waals surface area (Å²) in [5, 5.41) is 7.08. The molecular weight excluding hydrogens is 228 g/mol. The van der Waals surface area contributed by atoms with Gasteiger partial charge in [0.2, 0.25) is 0 Å². The quantitative estimate of drug-likeness (QED) is 0.897. The summed E-state index contributed by atoms with van der Waals surface area (Å²) in [7, 11) is 0. The van der Waals surface area contributed by atoms with Crippen LogP contribution in [0.25, 0.3) is 0 Å². The Labute approximate surface area is 108 Å².